The molecule has 142 valence electrons. The highest BCUT2D eigenvalue weighted by molar-refractivity contribution is 6.00. The van der Waals surface area contributed by atoms with Crippen molar-refractivity contribution in [2.75, 3.05) is 24.5 Å². The molecule has 0 radical (unpaired) electrons. The number of likely N-dealkylation sites (tertiary alicyclic amines) is 1. The van der Waals surface area contributed by atoms with Crippen molar-refractivity contribution in [3.8, 4) is 5.75 Å². The van der Waals surface area contributed by atoms with Crippen molar-refractivity contribution < 1.29 is 14.7 Å². The van der Waals surface area contributed by atoms with Gasteiger partial charge in [0.1, 0.15) is 11.6 Å². The fourth-order valence-corrected chi connectivity index (χ4v) is 4.17. The molecule has 2 amide bonds. The van der Waals surface area contributed by atoms with E-state index in [2.05, 4.69) is 4.98 Å². The van der Waals surface area contributed by atoms with Gasteiger partial charge in [-0.1, -0.05) is 6.07 Å². The average Bonchev–Trinajstić information content (AvgIpc) is 3.27. The highest BCUT2D eigenvalue weighted by atomic mass is 16.3. The monoisotopic (exact) mass is 368 g/mol. The van der Waals surface area contributed by atoms with E-state index < -0.39 is 0 Å². The van der Waals surface area contributed by atoms with Crippen molar-refractivity contribution in [1.82, 2.24) is 14.5 Å². The van der Waals surface area contributed by atoms with Crippen LogP contribution in [0.3, 0.4) is 0 Å². The lowest BCUT2D eigenvalue weighted by molar-refractivity contribution is -0.136. The number of phenolic OH excluding ortho intramolecular Hbond substituents is 1. The Kier molecular flexibility index (Phi) is 4.59. The molecule has 0 aliphatic carbocycles. The maximum Gasteiger partial charge on any atom is 0.228 e. The number of carbonyl (C=O) groups is 2. The summed E-state index contributed by atoms with van der Waals surface area (Å²) in [4.78, 5) is 33.2. The van der Waals surface area contributed by atoms with Gasteiger partial charge in [0.2, 0.25) is 11.8 Å². The normalized spacial score (nSPS) is 21.1. The third kappa shape index (κ3) is 3.41. The van der Waals surface area contributed by atoms with Crippen LogP contribution in [0.1, 0.15) is 31.0 Å². The van der Waals surface area contributed by atoms with Gasteiger partial charge in [-0.25, -0.2) is 4.98 Å². The minimum Gasteiger partial charge on any atom is -0.508 e. The van der Waals surface area contributed by atoms with Gasteiger partial charge in [-0.2, -0.15) is 0 Å². The van der Waals surface area contributed by atoms with E-state index in [1.165, 1.54) is 0 Å². The third-order valence-electron chi connectivity index (χ3n) is 5.65. The Balaban J connectivity index is 1.38. The van der Waals surface area contributed by atoms with Crippen LogP contribution in [0.2, 0.25) is 0 Å². The number of piperidine rings is 1. The molecule has 7 heteroatoms. The zero-order valence-electron chi connectivity index (χ0n) is 15.4. The summed E-state index contributed by atoms with van der Waals surface area (Å²) in [5.74, 6) is 1.25. The molecule has 2 saturated heterocycles. The van der Waals surface area contributed by atoms with Gasteiger partial charge in [0.05, 0.1) is 5.92 Å². The lowest BCUT2D eigenvalue weighted by Crippen LogP contribution is -2.42. The fraction of sp³-hybridized carbons (Fsp3) is 0.450. The Hall–Kier alpha value is -2.83. The first-order valence-electron chi connectivity index (χ1n) is 9.38. The third-order valence-corrected chi connectivity index (χ3v) is 5.65. The molecule has 3 heterocycles. The second kappa shape index (κ2) is 7.06. The molecule has 0 saturated carbocycles. The summed E-state index contributed by atoms with van der Waals surface area (Å²) in [6.07, 6.45) is 5.79. The van der Waals surface area contributed by atoms with E-state index in [1.54, 1.807) is 29.2 Å². The largest absolute Gasteiger partial charge is 0.508 e. The van der Waals surface area contributed by atoms with E-state index in [1.807, 2.05) is 28.9 Å². The van der Waals surface area contributed by atoms with Crippen molar-refractivity contribution in [3.63, 3.8) is 0 Å². The maximum absolute atomic E-state index is 12.9. The number of hydrogen-bond donors (Lipinski definition) is 1. The molecule has 2 aliphatic heterocycles. The molecule has 0 unspecified atom stereocenters. The molecule has 2 aliphatic rings. The highest BCUT2D eigenvalue weighted by Crippen LogP contribution is 2.31. The fourth-order valence-electron chi connectivity index (χ4n) is 4.17. The van der Waals surface area contributed by atoms with Crippen LogP contribution < -0.4 is 4.90 Å². The van der Waals surface area contributed by atoms with Crippen LogP contribution in [0, 0.1) is 5.92 Å². The number of aromatic hydroxyl groups is 1. The number of aryl methyl sites for hydroxylation is 1. The Morgan fingerprint density at radius 3 is 2.70 bits per heavy atom. The minimum atomic E-state index is -0.315. The lowest BCUT2D eigenvalue weighted by atomic mass is 9.94. The number of rotatable bonds is 3. The summed E-state index contributed by atoms with van der Waals surface area (Å²) in [6.45, 7) is 1.78. The van der Waals surface area contributed by atoms with Gasteiger partial charge in [0.15, 0.2) is 0 Å². The smallest absolute Gasteiger partial charge is 0.228 e. The van der Waals surface area contributed by atoms with E-state index >= 15 is 0 Å². The summed E-state index contributed by atoms with van der Waals surface area (Å²) in [7, 11) is 2.00. The standard InChI is InChI=1S/C20H24N4O3/c1-22-10-7-21-19(22)14-5-8-23(9-6-14)20(27)15-11-18(26)24(13-15)16-3-2-4-17(25)12-16/h2-4,7,10,12,14-15,25H,5-6,8-9,11,13H2,1H3/t15-/m0/s1. The van der Waals surface area contributed by atoms with Crippen molar-refractivity contribution in [1.29, 1.82) is 0 Å². The van der Waals surface area contributed by atoms with Gasteiger partial charge in [0, 0.05) is 63.2 Å². The summed E-state index contributed by atoms with van der Waals surface area (Å²) in [5.41, 5.74) is 0.642. The summed E-state index contributed by atoms with van der Waals surface area (Å²) < 4.78 is 2.05. The van der Waals surface area contributed by atoms with Gasteiger partial charge in [-0.15, -0.1) is 0 Å². The van der Waals surface area contributed by atoms with Crippen LogP contribution in [-0.2, 0) is 16.6 Å². The minimum absolute atomic E-state index is 0.0595. The van der Waals surface area contributed by atoms with Crippen LogP contribution >= 0.6 is 0 Å². The maximum atomic E-state index is 12.9. The van der Waals surface area contributed by atoms with Crippen molar-refractivity contribution in [2.24, 2.45) is 13.0 Å². The van der Waals surface area contributed by atoms with E-state index in [0.717, 1.165) is 18.7 Å². The van der Waals surface area contributed by atoms with E-state index in [-0.39, 0.29) is 29.9 Å². The van der Waals surface area contributed by atoms with Gasteiger partial charge < -0.3 is 19.5 Å². The van der Waals surface area contributed by atoms with Gasteiger partial charge in [-0.05, 0) is 25.0 Å². The molecule has 0 spiro atoms. The number of phenols is 1. The van der Waals surface area contributed by atoms with Gasteiger partial charge in [-0.3, -0.25) is 9.59 Å². The van der Waals surface area contributed by atoms with Crippen LogP contribution in [0.5, 0.6) is 5.75 Å². The van der Waals surface area contributed by atoms with Crippen molar-refractivity contribution in [2.45, 2.75) is 25.2 Å². The number of hydrogen-bond acceptors (Lipinski definition) is 4. The number of amides is 2. The summed E-state index contributed by atoms with van der Waals surface area (Å²) >= 11 is 0. The van der Waals surface area contributed by atoms with E-state index in [0.29, 0.717) is 31.2 Å². The molecule has 1 atom stereocenters. The van der Waals surface area contributed by atoms with Gasteiger partial charge >= 0.3 is 0 Å². The topological polar surface area (TPSA) is 78.7 Å². The molecule has 27 heavy (non-hydrogen) atoms. The van der Waals surface area contributed by atoms with E-state index in [4.69, 9.17) is 0 Å². The summed E-state index contributed by atoms with van der Waals surface area (Å²) in [6, 6.07) is 6.61. The van der Waals surface area contributed by atoms with Crippen LogP contribution in [-0.4, -0.2) is 51.0 Å². The number of benzene rings is 1. The first-order valence-corrected chi connectivity index (χ1v) is 9.38. The zero-order chi connectivity index (χ0) is 19.0. The Labute approximate surface area is 158 Å². The Morgan fingerprint density at radius 1 is 1.26 bits per heavy atom. The predicted molar refractivity (Wildman–Crippen MR) is 100 cm³/mol. The Bertz CT molecular complexity index is 854. The van der Waals surface area contributed by atoms with Crippen LogP contribution in [0.15, 0.2) is 36.7 Å². The molecule has 0 bridgehead atoms. The van der Waals surface area contributed by atoms with Crippen LogP contribution in [0.25, 0.3) is 0 Å². The van der Waals surface area contributed by atoms with Crippen molar-refractivity contribution in [3.05, 3.63) is 42.5 Å². The highest BCUT2D eigenvalue weighted by Gasteiger charge is 2.38. The Morgan fingerprint density at radius 2 is 2.04 bits per heavy atom. The van der Waals surface area contributed by atoms with Crippen LogP contribution in [0.4, 0.5) is 5.69 Å². The second-order valence-electron chi connectivity index (χ2n) is 7.42. The molecular formula is C20H24N4O3. The molecule has 2 fully saturated rings. The molecule has 1 aromatic heterocycles. The van der Waals surface area contributed by atoms with E-state index in [9.17, 15) is 14.7 Å². The van der Waals surface area contributed by atoms with Gasteiger partial charge in [0.25, 0.3) is 0 Å². The quantitative estimate of drug-likeness (QED) is 0.897. The molecule has 2 aromatic rings. The van der Waals surface area contributed by atoms with Crippen molar-refractivity contribution >= 4 is 17.5 Å². The summed E-state index contributed by atoms with van der Waals surface area (Å²) in [5, 5.41) is 9.64. The predicted octanol–water partition coefficient (Wildman–Crippen LogP) is 1.88. The first kappa shape index (κ1) is 17.6. The zero-order valence-corrected chi connectivity index (χ0v) is 15.4. The number of nitrogens with zero attached hydrogens (tertiary/aromatic N) is 4. The lowest BCUT2D eigenvalue weighted by Gasteiger charge is -2.33. The molecule has 1 aromatic carbocycles. The first-order chi connectivity index (χ1) is 13.0. The molecular weight excluding hydrogens is 344 g/mol. The molecule has 4 rings (SSSR count). The second-order valence-corrected chi connectivity index (χ2v) is 7.42. The number of carbonyl (C=O) groups excluding carboxylic acids is 2. The SMILES string of the molecule is Cn1ccnc1C1CCN(C(=O)[C@H]2CC(=O)N(c3cccc(O)c3)C2)CC1. The number of aromatic nitrogens is 2. The average molecular weight is 368 g/mol. The molecule has 7 nitrogen and oxygen atoms in total. The number of anilines is 1. The molecule has 1 N–H and O–H groups in total. The number of imidazole rings is 1.